The molecule has 106 valence electrons. The number of hydrogen-bond acceptors (Lipinski definition) is 3. The molecule has 0 spiro atoms. The zero-order chi connectivity index (χ0) is 15.0. The van der Waals surface area contributed by atoms with Crippen LogP contribution in [0.25, 0.3) is 22.3 Å². The molecule has 3 rings (SSSR count). The van der Waals surface area contributed by atoms with Gasteiger partial charge in [-0.05, 0) is 43.7 Å². The quantitative estimate of drug-likeness (QED) is 0.768. The van der Waals surface area contributed by atoms with Crippen molar-refractivity contribution in [3.8, 4) is 11.4 Å². The van der Waals surface area contributed by atoms with Gasteiger partial charge in [-0.25, -0.2) is 14.4 Å². The minimum Gasteiger partial charge on any atom is -0.373 e. The van der Waals surface area contributed by atoms with Crippen LogP contribution < -0.4 is 5.32 Å². The largest absolute Gasteiger partial charge is 0.373 e. The first-order valence-electron chi connectivity index (χ1n) is 6.81. The zero-order valence-electron chi connectivity index (χ0n) is 12.2. The number of rotatable bonds is 2. The highest BCUT2D eigenvalue weighted by atomic mass is 19.1. The van der Waals surface area contributed by atoms with Crippen LogP contribution in [0.2, 0.25) is 0 Å². The van der Waals surface area contributed by atoms with E-state index in [2.05, 4.69) is 15.3 Å². The molecule has 2 aromatic carbocycles. The van der Waals surface area contributed by atoms with Gasteiger partial charge in [0.25, 0.3) is 0 Å². The fraction of sp³-hybridized carbons (Fsp3) is 0.176. The summed E-state index contributed by atoms with van der Waals surface area (Å²) in [6.07, 6.45) is 0. The summed E-state index contributed by atoms with van der Waals surface area (Å²) in [5, 5.41) is 4.06. The molecular formula is C17H16FN3. The van der Waals surface area contributed by atoms with E-state index in [1.807, 2.05) is 39.1 Å². The topological polar surface area (TPSA) is 37.8 Å². The van der Waals surface area contributed by atoms with Gasteiger partial charge in [0, 0.05) is 18.0 Å². The molecule has 0 aliphatic carbocycles. The number of nitrogens with one attached hydrogen (secondary N) is 1. The van der Waals surface area contributed by atoms with E-state index in [9.17, 15) is 4.39 Å². The van der Waals surface area contributed by atoms with Crippen LogP contribution in [-0.2, 0) is 0 Å². The van der Waals surface area contributed by atoms with E-state index in [0.29, 0.717) is 11.4 Å². The third-order valence-electron chi connectivity index (χ3n) is 3.53. The van der Waals surface area contributed by atoms with Gasteiger partial charge in [-0.15, -0.1) is 0 Å². The van der Waals surface area contributed by atoms with Gasteiger partial charge in [-0.2, -0.15) is 0 Å². The van der Waals surface area contributed by atoms with Crippen molar-refractivity contribution in [1.82, 2.24) is 9.97 Å². The summed E-state index contributed by atoms with van der Waals surface area (Å²) in [6.45, 7) is 3.96. The second-order valence-electron chi connectivity index (χ2n) is 5.13. The average molecular weight is 281 g/mol. The molecule has 0 saturated heterocycles. The average Bonchev–Trinajstić information content (AvgIpc) is 2.48. The van der Waals surface area contributed by atoms with E-state index in [1.54, 1.807) is 6.07 Å². The van der Waals surface area contributed by atoms with E-state index in [1.165, 1.54) is 12.1 Å². The van der Waals surface area contributed by atoms with Gasteiger partial charge in [0.2, 0.25) is 0 Å². The Morgan fingerprint density at radius 3 is 2.57 bits per heavy atom. The normalized spacial score (nSPS) is 10.9. The molecule has 0 aliphatic rings. The van der Waals surface area contributed by atoms with Crippen molar-refractivity contribution < 1.29 is 4.39 Å². The van der Waals surface area contributed by atoms with Crippen LogP contribution in [0, 0.1) is 19.7 Å². The maximum absolute atomic E-state index is 13.5. The van der Waals surface area contributed by atoms with E-state index in [0.717, 1.165) is 27.8 Å². The number of halogens is 1. The van der Waals surface area contributed by atoms with E-state index < -0.39 is 0 Å². The maximum atomic E-state index is 13.5. The van der Waals surface area contributed by atoms with Crippen molar-refractivity contribution >= 4 is 16.7 Å². The summed E-state index contributed by atoms with van der Waals surface area (Å²) in [4.78, 5) is 9.12. The summed E-state index contributed by atoms with van der Waals surface area (Å²) < 4.78 is 13.5. The molecule has 0 amide bonds. The summed E-state index contributed by atoms with van der Waals surface area (Å²) in [6, 6.07) is 10.7. The fourth-order valence-electron chi connectivity index (χ4n) is 2.39. The lowest BCUT2D eigenvalue weighted by Crippen LogP contribution is -2.00. The van der Waals surface area contributed by atoms with Crippen molar-refractivity contribution in [3.63, 3.8) is 0 Å². The highest BCUT2D eigenvalue weighted by molar-refractivity contribution is 5.91. The number of aromatic nitrogens is 2. The molecule has 3 aromatic rings. The van der Waals surface area contributed by atoms with E-state index >= 15 is 0 Å². The van der Waals surface area contributed by atoms with Crippen LogP contribution in [0.4, 0.5) is 10.2 Å². The molecule has 1 heterocycles. The standard InChI is InChI=1S/C17H16FN3/c1-10-4-7-15-14(8-10)16(19-3)21-17(20-15)13-9-12(18)6-5-11(13)2/h4-9H,1-3H3,(H,19,20,21). The number of hydrogen-bond donors (Lipinski definition) is 1. The number of aryl methyl sites for hydroxylation is 2. The van der Waals surface area contributed by atoms with Gasteiger partial charge in [0.1, 0.15) is 11.6 Å². The predicted octanol–water partition coefficient (Wildman–Crippen LogP) is 4.09. The van der Waals surface area contributed by atoms with E-state index in [-0.39, 0.29) is 5.82 Å². The summed E-state index contributed by atoms with van der Waals surface area (Å²) in [5.74, 6) is 1.00. The first-order valence-corrected chi connectivity index (χ1v) is 6.81. The number of fused-ring (bicyclic) bond motifs is 1. The third-order valence-corrected chi connectivity index (χ3v) is 3.53. The zero-order valence-corrected chi connectivity index (χ0v) is 12.2. The Morgan fingerprint density at radius 1 is 1.00 bits per heavy atom. The summed E-state index contributed by atoms with van der Waals surface area (Å²) in [7, 11) is 1.83. The molecule has 4 heteroatoms. The van der Waals surface area contributed by atoms with E-state index in [4.69, 9.17) is 0 Å². The first kappa shape index (κ1) is 13.5. The minimum atomic E-state index is -0.283. The third kappa shape index (κ3) is 2.44. The van der Waals surface area contributed by atoms with Crippen LogP contribution in [0.15, 0.2) is 36.4 Å². The fourth-order valence-corrected chi connectivity index (χ4v) is 2.39. The molecule has 1 aromatic heterocycles. The van der Waals surface area contributed by atoms with Crippen LogP contribution >= 0.6 is 0 Å². The Bertz CT molecular complexity index is 828. The van der Waals surface area contributed by atoms with Gasteiger partial charge in [0.15, 0.2) is 5.82 Å². The molecule has 1 N–H and O–H groups in total. The smallest absolute Gasteiger partial charge is 0.162 e. The Morgan fingerprint density at radius 2 is 1.81 bits per heavy atom. The molecule has 0 unspecified atom stereocenters. The molecule has 0 fully saturated rings. The van der Waals surface area contributed by atoms with Crippen molar-refractivity contribution in [2.75, 3.05) is 12.4 Å². The molecule has 3 nitrogen and oxygen atoms in total. The van der Waals surface area contributed by atoms with Crippen molar-refractivity contribution in [2.45, 2.75) is 13.8 Å². The predicted molar refractivity (Wildman–Crippen MR) is 84.0 cm³/mol. The minimum absolute atomic E-state index is 0.283. The molecule has 0 radical (unpaired) electrons. The van der Waals surface area contributed by atoms with Gasteiger partial charge >= 0.3 is 0 Å². The van der Waals surface area contributed by atoms with Crippen LogP contribution in [0.5, 0.6) is 0 Å². The molecule has 0 bridgehead atoms. The lowest BCUT2D eigenvalue weighted by atomic mass is 10.1. The Balaban J connectivity index is 2.29. The molecule has 0 aliphatic heterocycles. The molecule has 0 atom stereocenters. The Labute approximate surface area is 122 Å². The first-order chi connectivity index (χ1) is 10.1. The number of benzene rings is 2. The summed E-state index contributed by atoms with van der Waals surface area (Å²) in [5.41, 5.74) is 3.66. The SMILES string of the molecule is CNc1nc(-c2cc(F)ccc2C)nc2ccc(C)cc12. The van der Waals surface area contributed by atoms with Crippen LogP contribution in [0.3, 0.4) is 0 Å². The van der Waals surface area contributed by atoms with Crippen molar-refractivity contribution in [1.29, 1.82) is 0 Å². The van der Waals surface area contributed by atoms with Crippen molar-refractivity contribution in [2.24, 2.45) is 0 Å². The highest BCUT2D eigenvalue weighted by Crippen LogP contribution is 2.27. The number of anilines is 1. The van der Waals surface area contributed by atoms with Gasteiger partial charge in [-0.3, -0.25) is 0 Å². The van der Waals surface area contributed by atoms with Gasteiger partial charge < -0.3 is 5.32 Å². The molecule has 21 heavy (non-hydrogen) atoms. The number of nitrogens with zero attached hydrogens (tertiary/aromatic N) is 2. The lowest BCUT2D eigenvalue weighted by Gasteiger charge is -2.10. The van der Waals surface area contributed by atoms with Gasteiger partial charge in [-0.1, -0.05) is 17.7 Å². The molecule has 0 saturated carbocycles. The lowest BCUT2D eigenvalue weighted by molar-refractivity contribution is 0.628. The van der Waals surface area contributed by atoms with Crippen LogP contribution in [0.1, 0.15) is 11.1 Å². The Hall–Kier alpha value is -2.49. The van der Waals surface area contributed by atoms with Crippen molar-refractivity contribution in [3.05, 3.63) is 53.3 Å². The monoisotopic (exact) mass is 281 g/mol. The molecular weight excluding hydrogens is 265 g/mol. The second kappa shape index (κ2) is 5.13. The summed E-state index contributed by atoms with van der Waals surface area (Å²) >= 11 is 0. The second-order valence-corrected chi connectivity index (χ2v) is 5.13. The highest BCUT2D eigenvalue weighted by Gasteiger charge is 2.11. The van der Waals surface area contributed by atoms with Crippen LogP contribution in [-0.4, -0.2) is 17.0 Å². The Kier molecular flexibility index (Phi) is 3.29. The van der Waals surface area contributed by atoms with Gasteiger partial charge in [0.05, 0.1) is 5.52 Å². The maximum Gasteiger partial charge on any atom is 0.162 e.